The number of esters is 1. The van der Waals surface area contributed by atoms with Gasteiger partial charge in [-0.15, -0.1) is 6.58 Å². The highest BCUT2D eigenvalue weighted by Crippen LogP contribution is 2.21. The number of allylic oxidation sites excluding steroid dienone is 1. The van der Waals surface area contributed by atoms with Gasteiger partial charge < -0.3 is 4.74 Å². The number of carbonyl (C=O) groups excluding carboxylic acids is 2. The predicted octanol–water partition coefficient (Wildman–Crippen LogP) is 1.65. The van der Waals surface area contributed by atoms with Crippen LogP contribution in [-0.2, 0) is 19.2 Å². The summed E-state index contributed by atoms with van der Waals surface area (Å²) < 4.78 is 5.17. The van der Waals surface area contributed by atoms with Crippen LogP contribution in [0.25, 0.3) is 0 Å². The SMILES string of the molecule is C=CCONC(CC)=C1C(=O)CC(CC)OC1=O. The molecule has 100 valence electrons. The number of cyclic esters (lactones) is 1. The Morgan fingerprint density at radius 3 is 2.78 bits per heavy atom. The fourth-order valence-corrected chi connectivity index (χ4v) is 1.68. The maximum Gasteiger partial charge on any atom is 0.343 e. The van der Waals surface area contributed by atoms with Gasteiger partial charge in [0.25, 0.3) is 0 Å². The molecular weight excluding hydrogens is 234 g/mol. The van der Waals surface area contributed by atoms with Crippen LogP contribution >= 0.6 is 0 Å². The van der Waals surface area contributed by atoms with Crippen LogP contribution in [0.2, 0.25) is 0 Å². The molecule has 1 fully saturated rings. The molecule has 0 aromatic heterocycles. The molecule has 0 bridgehead atoms. The molecule has 18 heavy (non-hydrogen) atoms. The second-order valence-corrected chi connectivity index (χ2v) is 3.97. The third-order valence-corrected chi connectivity index (χ3v) is 2.68. The first-order chi connectivity index (χ1) is 8.63. The van der Waals surface area contributed by atoms with Crippen LogP contribution in [0.5, 0.6) is 0 Å². The Kier molecular flexibility index (Phi) is 5.58. The summed E-state index contributed by atoms with van der Waals surface area (Å²) in [7, 11) is 0. The molecule has 0 amide bonds. The molecular formula is C13H19NO4. The van der Waals surface area contributed by atoms with E-state index in [2.05, 4.69) is 12.1 Å². The lowest BCUT2D eigenvalue weighted by molar-refractivity contribution is -0.151. The Morgan fingerprint density at radius 1 is 1.56 bits per heavy atom. The molecule has 0 aliphatic carbocycles. The number of ketones is 1. The zero-order chi connectivity index (χ0) is 13.5. The second-order valence-electron chi connectivity index (χ2n) is 3.97. The van der Waals surface area contributed by atoms with E-state index in [-0.39, 0.29) is 30.5 Å². The molecule has 1 saturated heterocycles. The number of rotatable bonds is 6. The van der Waals surface area contributed by atoms with Crippen LogP contribution < -0.4 is 5.48 Å². The normalized spacial score (nSPS) is 22.4. The van der Waals surface area contributed by atoms with Crippen molar-refractivity contribution in [2.45, 2.75) is 39.2 Å². The van der Waals surface area contributed by atoms with E-state index in [9.17, 15) is 9.59 Å². The summed E-state index contributed by atoms with van der Waals surface area (Å²) in [6.45, 7) is 7.51. The number of hydrogen-bond donors (Lipinski definition) is 1. The Hall–Kier alpha value is -1.62. The van der Waals surface area contributed by atoms with Crippen LogP contribution in [0.15, 0.2) is 23.9 Å². The molecule has 5 nitrogen and oxygen atoms in total. The van der Waals surface area contributed by atoms with Crippen molar-refractivity contribution in [1.82, 2.24) is 5.48 Å². The zero-order valence-electron chi connectivity index (χ0n) is 10.8. The van der Waals surface area contributed by atoms with E-state index in [4.69, 9.17) is 9.57 Å². The van der Waals surface area contributed by atoms with E-state index in [1.54, 1.807) is 6.08 Å². The van der Waals surface area contributed by atoms with Crippen molar-refractivity contribution in [3.63, 3.8) is 0 Å². The van der Waals surface area contributed by atoms with Gasteiger partial charge in [0.05, 0.1) is 12.3 Å². The average Bonchev–Trinajstić information content (AvgIpc) is 2.35. The van der Waals surface area contributed by atoms with E-state index in [1.807, 2.05) is 13.8 Å². The Balaban J connectivity index is 2.85. The molecule has 0 aromatic rings. The maximum atomic E-state index is 11.9. The van der Waals surface area contributed by atoms with E-state index in [0.717, 1.165) is 0 Å². The molecule has 1 atom stereocenters. The lowest BCUT2D eigenvalue weighted by atomic mass is 9.98. The van der Waals surface area contributed by atoms with Crippen molar-refractivity contribution in [1.29, 1.82) is 0 Å². The number of ether oxygens (including phenoxy) is 1. The van der Waals surface area contributed by atoms with Crippen molar-refractivity contribution in [2.75, 3.05) is 6.61 Å². The summed E-state index contributed by atoms with van der Waals surface area (Å²) in [6, 6.07) is 0. The highest BCUT2D eigenvalue weighted by Gasteiger charge is 2.33. The fourth-order valence-electron chi connectivity index (χ4n) is 1.68. The van der Waals surface area contributed by atoms with Gasteiger partial charge in [-0.1, -0.05) is 19.9 Å². The lowest BCUT2D eigenvalue weighted by Gasteiger charge is -2.24. The second kappa shape index (κ2) is 6.96. The van der Waals surface area contributed by atoms with Gasteiger partial charge in [0.2, 0.25) is 0 Å². The minimum Gasteiger partial charge on any atom is -0.458 e. The summed E-state index contributed by atoms with van der Waals surface area (Å²) in [5, 5.41) is 0. The lowest BCUT2D eigenvalue weighted by Crippen LogP contribution is -2.34. The quantitative estimate of drug-likeness (QED) is 0.195. The molecule has 0 spiro atoms. The van der Waals surface area contributed by atoms with Crippen LogP contribution in [0.3, 0.4) is 0 Å². The minimum absolute atomic E-state index is 0.0752. The van der Waals surface area contributed by atoms with E-state index >= 15 is 0 Å². The molecule has 1 heterocycles. The van der Waals surface area contributed by atoms with Gasteiger partial charge in [-0.25, -0.2) is 4.79 Å². The third-order valence-electron chi connectivity index (χ3n) is 2.68. The molecule has 1 aliphatic rings. The fraction of sp³-hybridized carbons (Fsp3) is 0.538. The topological polar surface area (TPSA) is 64.6 Å². The standard InChI is InChI=1S/C13H19NO4/c1-4-7-17-14-10(6-3)12-11(15)8-9(5-2)18-13(12)16/h4,9,14H,1,5-8H2,2-3H3. The number of nitrogens with one attached hydrogen (secondary N) is 1. The average molecular weight is 253 g/mol. The van der Waals surface area contributed by atoms with Crippen LogP contribution in [0.4, 0.5) is 0 Å². The first kappa shape index (κ1) is 14.4. The van der Waals surface area contributed by atoms with Crippen molar-refractivity contribution in [3.05, 3.63) is 23.9 Å². The van der Waals surface area contributed by atoms with E-state index in [0.29, 0.717) is 18.5 Å². The third kappa shape index (κ3) is 3.43. The number of Topliss-reactive ketones (excluding diaryl/α,β-unsaturated/α-hetero) is 1. The summed E-state index contributed by atoms with van der Waals surface area (Å²) >= 11 is 0. The van der Waals surface area contributed by atoms with E-state index < -0.39 is 5.97 Å². The molecule has 1 aliphatic heterocycles. The first-order valence-corrected chi connectivity index (χ1v) is 6.10. The summed E-state index contributed by atoms with van der Waals surface area (Å²) in [4.78, 5) is 28.8. The highest BCUT2D eigenvalue weighted by molar-refractivity contribution is 6.19. The van der Waals surface area contributed by atoms with Gasteiger partial charge in [-0.05, 0) is 12.8 Å². The van der Waals surface area contributed by atoms with Crippen LogP contribution in [0.1, 0.15) is 33.1 Å². The number of hydrogen-bond acceptors (Lipinski definition) is 5. The van der Waals surface area contributed by atoms with Crippen molar-refractivity contribution in [3.8, 4) is 0 Å². The Morgan fingerprint density at radius 2 is 2.28 bits per heavy atom. The molecule has 1 rings (SSSR count). The first-order valence-electron chi connectivity index (χ1n) is 6.10. The Labute approximate surface area is 107 Å². The monoisotopic (exact) mass is 253 g/mol. The molecule has 5 heteroatoms. The molecule has 1 N–H and O–H groups in total. The van der Waals surface area contributed by atoms with Crippen molar-refractivity contribution < 1.29 is 19.2 Å². The van der Waals surface area contributed by atoms with Crippen molar-refractivity contribution in [2.24, 2.45) is 0 Å². The zero-order valence-corrected chi connectivity index (χ0v) is 10.8. The largest absolute Gasteiger partial charge is 0.458 e. The van der Waals surface area contributed by atoms with Gasteiger partial charge in [0, 0.05) is 6.42 Å². The smallest absolute Gasteiger partial charge is 0.343 e. The summed E-state index contributed by atoms with van der Waals surface area (Å²) in [6.07, 6.45) is 2.64. The van der Waals surface area contributed by atoms with Crippen molar-refractivity contribution >= 4 is 11.8 Å². The molecule has 1 unspecified atom stereocenters. The summed E-state index contributed by atoms with van der Waals surface area (Å²) in [5.41, 5.74) is 3.16. The van der Waals surface area contributed by atoms with Gasteiger partial charge in [0.1, 0.15) is 11.7 Å². The minimum atomic E-state index is -0.565. The van der Waals surface area contributed by atoms with Crippen LogP contribution in [-0.4, -0.2) is 24.5 Å². The number of carbonyl (C=O) groups is 2. The molecule has 0 saturated carbocycles. The van der Waals surface area contributed by atoms with Crippen LogP contribution in [0, 0.1) is 0 Å². The maximum absolute atomic E-state index is 11.9. The van der Waals surface area contributed by atoms with Gasteiger partial charge >= 0.3 is 5.97 Å². The van der Waals surface area contributed by atoms with Gasteiger partial charge in [0.15, 0.2) is 5.78 Å². The highest BCUT2D eigenvalue weighted by atomic mass is 16.6. The molecule has 0 radical (unpaired) electrons. The van der Waals surface area contributed by atoms with Gasteiger partial charge in [-0.2, -0.15) is 0 Å². The Bertz CT molecular complexity index is 353. The van der Waals surface area contributed by atoms with E-state index in [1.165, 1.54) is 0 Å². The van der Waals surface area contributed by atoms with Gasteiger partial charge in [-0.3, -0.25) is 15.1 Å². The number of hydroxylamine groups is 1. The molecule has 0 aromatic carbocycles. The predicted molar refractivity (Wildman–Crippen MR) is 66.4 cm³/mol. The summed E-state index contributed by atoms with van der Waals surface area (Å²) in [5.74, 6) is -0.755.